The maximum Gasteiger partial charge on any atom is 0.169 e. The van der Waals surface area contributed by atoms with Gasteiger partial charge in [0.15, 0.2) is 5.78 Å². The Labute approximate surface area is 107 Å². The number of carbonyl (C=O) groups excluding carboxylic acids is 1. The fourth-order valence-corrected chi connectivity index (χ4v) is 4.23. The zero-order valence-corrected chi connectivity index (χ0v) is 10.4. The molecular weight excluding hydrogens is 222 g/mol. The lowest BCUT2D eigenvalue weighted by atomic mass is 9.63. The molecule has 2 bridgehead atoms. The van der Waals surface area contributed by atoms with E-state index in [1.54, 1.807) is 0 Å². The van der Waals surface area contributed by atoms with Gasteiger partial charge < -0.3 is 5.73 Å². The van der Waals surface area contributed by atoms with Crippen LogP contribution in [0.5, 0.6) is 0 Å². The number of rotatable bonds is 0. The average molecular weight is 239 g/mol. The smallest absolute Gasteiger partial charge is 0.169 e. The summed E-state index contributed by atoms with van der Waals surface area (Å²) in [6, 6.07) is 5.83. The van der Waals surface area contributed by atoms with Gasteiger partial charge in [0.1, 0.15) is 0 Å². The van der Waals surface area contributed by atoms with E-state index in [1.165, 1.54) is 11.1 Å². The number of anilines is 1. The predicted octanol–water partition coefficient (Wildman–Crippen LogP) is 3.12. The molecule has 2 atom stereocenters. The highest BCUT2D eigenvalue weighted by molar-refractivity contribution is 6.04. The van der Waals surface area contributed by atoms with Crippen molar-refractivity contribution in [1.82, 2.24) is 0 Å². The summed E-state index contributed by atoms with van der Waals surface area (Å²) in [6.45, 7) is 0. The second kappa shape index (κ2) is 3.25. The molecule has 4 rings (SSSR count). The van der Waals surface area contributed by atoms with Crippen LogP contribution >= 0.6 is 0 Å². The van der Waals surface area contributed by atoms with Crippen LogP contribution in [0.3, 0.4) is 0 Å². The molecule has 0 radical (unpaired) electrons. The number of allylic oxidation sites excluding steroid dienone is 2. The van der Waals surface area contributed by atoms with E-state index in [-0.39, 0.29) is 5.41 Å². The second-order valence-corrected chi connectivity index (χ2v) is 6.08. The molecule has 0 heterocycles. The Morgan fingerprint density at radius 3 is 2.94 bits per heavy atom. The molecule has 1 saturated carbocycles. The molecule has 2 unspecified atom stereocenters. The number of carbonyl (C=O) groups is 1. The van der Waals surface area contributed by atoms with Crippen molar-refractivity contribution in [2.75, 3.05) is 5.73 Å². The van der Waals surface area contributed by atoms with Crippen molar-refractivity contribution in [2.24, 2.45) is 11.3 Å². The number of hydrogen-bond acceptors (Lipinski definition) is 2. The summed E-state index contributed by atoms with van der Waals surface area (Å²) < 4.78 is 0. The number of ketones is 1. The molecule has 0 amide bonds. The third kappa shape index (κ3) is 1.16. The van der Waals surface area contributed by atoms with E-state index in [2.05, 4.69) is 6.08 Å². The number of aryl methyl sites for hydroxylation is 1. The van der Waals surface area contributed by atoms with Gasteiger partial charge in [-0.3, -0.25) is 4.79 Å². The van der Waals surface area contributed by atoms with Gasteiger partial charge in [0.05, 0.1) is 0 Å². The van der Waals surface area contributed by atoms with Gasteiger partial charge >= 0.3 is 0 Å². The third-order valence-electron chi connectivity index (χ3n) is 5.19. The van der Waals surface area contributed by atoms with E-state index < -0.39 is 0 Å². The minimum Gasteiger partial charge on any atom is -0.399 e. The van der Waals surface area contributed by atoms with Gasteiger partial charge in [0, 0.05) is 16.7 Å². The highest BCUT2D eigenvalue weighted by atomic mass is 16.1. The average Bonchev–Trinajstić information content (AvgIpc) is 2.96. The SMILES string of the molecule is Nc1ccc2c(c1)C(=O)C1(CC2)CC2=CCC1C2. The molecule has 3 aliphatic rings. The number of nitrogens with two attached hydrogens (primary N) is 1. The Hall–Kier alpha value is -1.57. The van der Waals surface area contributed by atoms with Crippen molar-refractivity contribution in [3.63, 3.8) is 0 Å². The van der Waals surface area contributed by atoms with Crippen LogP contribution in [0.25, 0.3) is 0 Å². The van der Waals surface area contributed by atoms with E-state index in [0.29, 0.717) is 17.4 Å². The van der Waals surface area contributed by atoms with Crippen LogP contribution in [0.15, 0.2) is 29.8 Å². The summed E-state index contributed by atoms with van der Waals surface area (Å²) in [5.74, 6) is 0.929. The molecule has 1 spiro atoms. The molecule has 92 valence electrons. The number of fused-ring (bicyclic) bond motifs is 4. The Morgan fingerprint density at radius 1 is 1.33 bits per heavy atom. The van der Waals surface area contributed by atoms with Crippen LogP contribution < -0.4 is 5.73 Å². The van der Waals surface area contributed by atoms with Crippen LogP contribution in [0.1, 0.15) is 41.6 Å². The first-order chi connectivity index (χ1) is 8.69. The Morgan fingerprint density at radius 2 is 2.22 bits per heavy atom. The normalized spacial score (nSPS) is 32.8. The Bertz CT molecular complexity index is 587. The first-order valence-electron chi connectivity index (χ1n) is 6.80. The Kier molecular flexibility index (Phi) is 1.87. The van der Waals surface area contributed by atoms with Gasteiger partial charge in [0.2, 0.25) is 0 Å². The molecule has 0 saturated heterocycles. The van der Waals surface area contributed by atoms with E-state index in [0.717, 1.165) is 37.7 Å². The zero-order chi connectivity index (χ0) is 12.3. The molecule has 18 heavy (non-hydrogen) atoms. The van der Waals surface area contributed by atoms with Crippen molar-refractivity contribution < 1.29 is 4.79 Å². The van der Waals surface area contributed by atoms with Gasteiger partial charge in [-0.1, -0.05) is 17.7 Å². The number of benzene rings is 1. The minimum absolute atomic E-state index is 0.0785. The summed E-state index contributed by atoms with van der Waals surface area (Å²) in [6.07, 6.45) is 7.68. The first kappa shape index (κ1) is 10.4. The lowest BCUT2D eigenvalue weighted by molar-refractivity contribution is 0.0671. The van der Waals surface area contributed by atoms with Crippen LogP contribution in [0.2, 0.25) is 0 Å². The minimum atomic E-state index is -0.0785. The molecule has 1 aromatic carbocycles. The highest BCUT2D eigenvalue weighted by Gasteiger charge is 2.53. The molecule has 0 aliphatic heterocycles. The van der Waals surface area contributed by atoms with Gasteiger partial charge in [0.25, 0.3) is 0 Å². The predicted molar refractivity (Wildman–Crippen MR) is 71.4 cm³/mol. The van der Waals surface area contributed by atoms with Gasteiger partial charge in [-0.05, 0) is 55.7 Å². The molecular formula is C16H17NO. The third-order valence-corrected chi connectivity index (χ3v) is 5.19. The van der Waals surface area contributed by atoms with Crippen molar-refractivity contribution in [1.29, 1.82) is 0 Å². The van der Waals surface area contributed by atoms with E-state index in [9.17, 15) is 4.79 Å². The molecule has 2 nitrogen and oxygen atoms in total. The van der Waals surface area contributed by atoms with Crippen molar-refractivity contribution in [3.8, 4) is 0 Å². The van der Waals surface area contributed by atoms with Gasteiger partial charge in [-0.15, -0.1) is 0 Å². The molecule has 2 heteroatoms. The zero-order valence-electron chi connectivity index (χ0n) is 10.4. The first-order valence-corrected chi connectivity index (χ1v) is 6.80. The number of Topliss-reactive ketones (excluding diaryl/α,β-unsaturated/α-hetero) is 1. The molecule has 0 aromatic heterocycles. The number of nitrogen functional groups attached to an aromatic ring is 1. The van der Waals surface area contributed by atoms with Gasteiger partial charge in [-0.2, -0.15) is 0 Å². The standard InChI is InChI=1S/C16H17NO/c17-13-4-2-11-5-6-16(15(18)14(11)8-13)9-10-1-3-12(16)7-10/h1-2,4,8,12H,3,5-7,9,17H2. The van der Waals surface area contributed by atoms with E-state index in [4.69, 9.17) is 5.73 Å². The summed E-state index contributed by atoms with van der Waals surface area (Å²) in [7, 11) is 0. The van der Waals surface area contributed by atoms with Crippen molar-refractivity contribution >= 4 is 11.5 Å². The van der Waals surface area contributed by atoms with Crippen LogP contribution in [0, 0.1) is 11.3 Å². The summed E-state index contributed by atoms with van der Waals surface area (Å²) in [4.78, 5) is 12.9. The van der Waals surface area contributed by atoms with Crippen LogP contribution in [-0.4, -0.2) is 5.78 Å². The molecule has 2 N–H and O–H groups in total. The van der Waals surface area contributed by atoms with Gasteiger partial charge in [-0.25, -0.2) is 0 Å². The number of hydrogen-bond donors (Lipinski definition) is 1. The summed E-state index contributed by atoms with van der Waals surface area (Å²) in [5.41, 5.74) is 10.1. The topological polar surface area (TPSA) is 43.1 Å². The fourth-order valence-electron chi connectivity index (χ4n) is 4.23. The maximum absolute atomic E-state index is 12.9. The lowest BCUT2D eigenvalue weighted by Gasteiger charge is -2.38. The van der Waals surface area contributed by atoms with Crippen molar-refractivity contribution in [3.05, 3.63) is 41.0 Å². The lowest BCUT2D eigenvalue weighted by Crippen LogP contribution is -2.39. The van der Waals surface area contributed by atoms with Crippen molar-refractivity contribution in [2.45, 2.75) is 32.1 Å². The van der Waals surface area contributed by atoms with Crippen LogP contribution in [0.4, 0.5) is 5.69 Å². The summed E-state index contributed by atoms with van der Waals surface area (Å²) in [5, 5.41) is 0. The quantitative estimate of drug-likeness (QED) is 0.558. The van der Waals surface area contributed by atoms with Crippen LogP contribution in [-0.2, 0) is 6.42 Å². The van der Waals surface area contributed by atoms with E-state index in [1.807, 2.05) is 18.2 Å². The summed E-state index contributed by atoms with van der Waals surface area (Å²) >= 11 is 0. The Balaban J connectivity index is 1.83. The second-order valence-electron chi connectivity index (χ2n) is 6.08. The fraction of sp³-hybridized carbons (Fsp3) is 0.438. The monoisotopic (exact) mass is 239 g/mol. The molecule has 3 aliphatic carbocycles. The van der Waals surface area contributed by atoms with E-state index >= 15 is 0 Å². The molecule has 1 fully saturated rings. The molecule has 1 aromatic rings. The maximum atomic E-state index is 12.9. The largest absolute Gasteiger partial charge is 0.399 e. The highest BCUT2D eigenvalue weighted by Crippen LogP contribution is 2.58.